The Morgan fingerprint density at radius 3 is 2.40 bits per heavy atom. The normalized spacial score (nSPS) is 10.8. The molecule has 0 aliphatic heterocycles. The number of aromatic nitrogens is 2. The molecule has 4 nitrogen and oxygen atoms in total. The van der Waals surface area contributed by atoms with Crippen LogP contribution in [-0.2, 0) is 18.9 Å². The maximum absolute atomic E-state index is 14.5. The SMILES string of the molecule is O=C(O)c1nccc(-c2cc(F)c(F)c(F)c2-c2ccccn2)[c]1[Ir]. The van der Waals surface area contributed by atoms with Gasteiger partial charge in [0.05, 0.1) is 0 Å². The minimum absolute atomic E-state index is 0.00231. The monoisotopic (exact) mass is 522 g/mol. The number of carboxylic acid groups (broad SMARTS) is 1. The van der Waals surface area contributed by atoms with Crippen molar-refractivity contribution in [3.05, 3.63) is 65.9 Å². The summed E-state index contributed by atoms with van der Waals surface area (Å²) in [5.41, 5.74) is -0.176. The van der Waals surface area contributed by atoms with E-state index in [0.717, 1.165) is 6.07 Å². The minimum atomic E-state index is -1.62. The second-order valence-electron chi connectivity index (χ2n) is 4.93. The Morgan fingerprint density at radius 1 is 1.00 bits per heavy atom. The summed E-state index contributed by atoms with van der Waals surface area (Å²) >= 11 is 1.47. The van der Waals surface area contributed by atoms with E-state index in [9.17, 15) is 23.1 Å². The Labute approximate surface area is 150 Å². The number of benzene rings is 1. The number of carbonyl (C=O) groups is 1. The van der Waals surface area contributed by atoms with E-state index in [2.05, 4.69) is 9.97 Å². The van der Waals surface area contributed by atoms with Gasteiger partial charge in [-0.25, -0.2) is 0 Å². The topological polar surface area (TPSA) is 63.1 Å². The summed E-state index contributed by atoms with van der Waals surface area (Å²) < 4.78 is 42.3. The molecule has 3 rings (SSSR count). The first-order chi connectivity index (χ1) is 11.9. The van der Waals surface area contributed by atoms with E-state index in [1.54, 1.807) is 12.1 Å². The molecule has 2 aromatic heterocycles. The van der Waals surface area contributed by atoms with E-state index < -0.39 is 23.4 Å². The van der Waals surface area contributed by atoms with Crippen LogP contribution in [0.3, 0.4) is 0 Å². The molecule has 3 aromatic rings. The van der Waals surface area contributed by atoms with Crippen molar-refractivity contribution in [1.29, 1.82) is 0 Å². The third kappa shape index (κ3) is 3.06. The Kier molecular flexibility index (Phi) is 4.65. The van der Waals surface area contributed by atoms with Gasteiger partial charge < -0.3 is 0 Å². The molecule has 128 valence electrons. The van der Waals surface area contributed by atoms with Gasteiger partial charge in [-0.15, -0.1) is 0 Å². The number of hydrogen-bond acceptors (Lipinski definition) is 3. The van der Waals surface area contributed by atoms with Gasteiger partial charge in [0, 0.05) is 0 Å². The summed E-state index contributed by atoms with van der Waals surface area (Å²) in [7, 11) is 0. The molecule has 25 heavy (non-hydrogen) atoms. The number of halogens is 3. The van der Waals surface area contributed by atoms with Crippen molar-refractivity contribution >= 4 is 10.0 Å². The maximum atomic E-state index is 14.5. The van der Waals surface area contributed by atoms with E-state index in [0.29, 0.717) is 0 Å². The van der Waals surface area contributed by atoms with Crippen molar-refractivity contribution in [2.75, 3.05) is 0 Å². The summed E-state index contributed by atoms with van der Waals surface area (Å²) in [6, 6.07) is 6.88. The van der Waals surface area contributed by atoms with Crippen LogP contribution in [0.4, 0.5) is 13.2 Å². The van der Waals surface area contributed by atoms with Gasteiger partial charge in [0.25, 0.3) is 0 Å². The molecule has 1 N–H and O–H groups in total. The van der Waals surface area contributed by atoms with E-state index in [4.69, 9.17) is 0 Å². The fourth-order valence-corrected chi connectivity index (χ4v) is 3.28. The van der Waals surface area contributed by atoms with E-state index in [1.807, 2.05) is 0 Å². The molecular formula is C17H8F3IrN2O2. The van der Waals surface area contributed by atoms with Crippen molar-refractivity contribution in [2.24, 2.45) is 0 Å². The number of pyridine rings is 2. The molecule has 1 aromatic carbocycles. The zero-order valence-electron chi connectivity index (χ0n) is 12.3. The molecule has 0 saturated carbocycles. The third-order valence-electron chi connectivity index (χ3n) is 3.44. The number of aromatic carboxylic acids is 1. The van der Waals surface area contributed by atoms with Crippen LogP contribution in [0.5, 0.6) is 0 Å². The van der Waals surface area contributed by atoms with Crippen molar-refractivity contribution in [3.8, 4) is 22.4 Å². The quantitative estimate of drug-likeness (QED) is 0.539. The van der Waals surface area contributed by atoms with Crippen molar-refractivity contribution in [1.82, 2.24) is 9.97 Å². The van der Waals surface area contributed by atoms with Crippen LogP contribution in [0.25, 0.3) is 22.4 Å². The summed E-state index contributed by atoms with van der Waals surface area (Å²) in [4.78, 5) is 19.0. The first-order valence-electron chi connectivity index (χ1n) is 6.86. The van der Waals surface area contributed by atoms with Gasteiger partial charge in [-0.05, 0) is 0 Å². The van der Waals surface area contributed by atoms with Gasteiger partial charge in [-0.1, -0.05) is 0 Å². The van der Waals surface area contributed by atoms with Crippen LogP contribution in [0.2, 0.25) is 0 Å². The van der Waals surface area contributed by atoms with Crippen LogP contribution in [-0.4, -0.2) is 21.0 Å². The number of nitrogens with zero attached hydrogens (tertiary/aromatic N) is 2. The average molecular weight is 521 g/mol. The van der Waals surface area contributed by atoms with E-state index in [-0.39, 0.29) is 32.2 Å². The zero-order chi connectivity index (χ0) is 18.1. The molecule has 0 aliphatic carbocycles. The third-order valence-corrected chi connectivity index (χ3v) is 4.65. The fourth-order valence-electron chi connectivity index (χ4n) is 2.35. The average Bonchev–Trinajstić information content (AvgIpc) is 2.60. The molecule has 0 spiro atoms. The summed E-state index contributed by atoms with van der Waals surface area (Å²) in [6.07, 6.45) is 2.61. The predicted molar refractivity (Wildman–Crippen MR) is 79.4 cm³/mol. The fraction of sp³-hybridized carbons (Fsp3) is 0. The molecule has 0 fully saturated rings. The standard InChI is InChI=1S/C17H8F3N2O2.Ir/c18-11-8-10(9-4-6-22-13(7-9)17(23)24)14(16(20)15(11)19)12-3-1-2-5-21-12;/h1-6,8H,(H,23,24);. The van der Waals surface area contributed by atoms with Crippen LogP contribution in [0.1, 0.15) is 10.5 Å². The van der Waals surface area contributed by atoms with E-state index in [1.165, 1.54) is 43.4 Å². The van der Waals surface area contributed by atoms with Gasteiger partial charge in [-0.3, -0.25) is 0 Å². The Morgan fingerprint density at radius 2 is 1.76 bits per heavy atom. The van der Waals surface area contributed by atoms with Gasteiger partial charge in [0.15, 0.2) is 0 Å². The summed E-state index contributed by atoms with van der Waals surface area (Å²) in [6.45, 7) is 0. The second kappa shape index (κ2) is 6.74. The number of carboxylic acids is 1. The van der Waals surface area contributed by atoms with Crippen LogP contribution in [0.15, 0.2) is 42.7 Å². The van der Waals surface area contributed by atoms with Crippen LogP contribution >= 0.6 is 0 Å². The Bertz CT molecular complexity index is 981. The van der Waals surface area contributed by atoms with Gasteiger partial charge in [-0.2, -0.15) is 0 Å². The second-order valence-corrected chi connectivity index (χ2v) is 6.13. The Hall–Kier alpha value is -2.57. The molecule has 0 atom stereocenters. The van der Waals surface area contributed by atoms with Crippen LogP contribution < -0.4 is 4.08 Å². The van der Waals surface area contributed by atoms with E-state index >= 15 is 0 Å². The van der Waals surface area contributed by atoms with Crippen molar-refractivity contribution in [3.63, 3.8) is 0 Å². The molecule has 0 unspecified atom stereocenters. The molecule has 8 heteroatoms. The molecule has 0 saturated heterocycles. The predicted octanol–water partition coefficient (Wildman–Crippen LogP) is 3.10. The molecule has 0 aliphatic rings. The number of rotatable bonds is 3. The van der Waals surface area contributed by atoms with Crippen molar-refractivity contribution < 1.29 is 42.0 Å². The molecular weight excluding hydrogens is 513 g/mol. The Balaban J connectivity index is 2.38. The first-order valence-corrected chi connectivity index (χ1v) is 8.06. The van der Waals surface area contributed by atoms with Crippen LogP contribution in [0, 0.1) is 17.5 Å². The number of hydrogen-bond donors (Lipinski definition) is 1. The van der Waals surface area contributed by atoms with Gasteiger partial charge in [0.2, 0.25) is 0 Å². The molecule has 2 heterocycles. The molecule has 0 bridgehead atoms. The zero-order valence-corrected chi connectivity index (χ0v) is 14.7. The molecule has 0 radical (unpaired) electrons. The van der Waals surface area contributed by atoms with Gasteiger partial charge >= 0.3 is 150 Å². The summed E-state index contributed by atoms with van der Waals surface area (Å²) in [5, 5.41) is 9.19. The molecule has 0 amide bonds. The summed E-state index contributed by atoms with van der Waals surface area (Å²) in [5.74, 6) is -5.65. The first kappa shape index (κ1) is 17.3. The van der Waals surface area contributed by atoms with Gasteiger partial charge in [0.1, 0.15) is 0 Å². The van der Waals surface area contributed by atoms with Crippen molar-refractivity contribution in [2.45, 2.75) is 0 Å².